The molecule has 0 aliphatic carbocycles. The number of nitro benzene ring substituents is 1. The Bertz CT molecular complexity index is 802. The highest BCUT2D eigenvalue weighted by Crippen LogP contribution is 2.27. The summed E-state index contributed by atoms with van der Waals surface area (Å²) in [4.78, 5) is 30.7. The third kappa shape index (κ3) is 7.43. The molecule has 0 aliphatic heterocycles. The third-order valence-electron chi connectivity index (χ3n) is 3.31. The van der Waals surface area contributed by atoms with E-state index < -0.39 is 16.9 Å². The molecular formula is C18H19NO8. The van der Waals surface area contributed by atoms with Gasteiger partial charge in [0.1, 0.15) is 5.75 Å². The van der Waals surface area contributed by atoms with Crippen LogP contribution in [0.3, 0.4) is 0 Å². The highest BCUT2D eigenvalue weighted by atomic mass is 16.6. The molecule has 0 fully saturated rings. The van der Waals surface area contributed by atoms with Crippen LogP contribution in [0, 0.1) is 10.1 Å². The smallest absolute Gasteiger partial charge is 0.311 e. The van der Waals surface area contributed by atoms with Gasteiger partial charge in [-0.15, -0.1) is 0 Å². The summed E-state index contributed by atoms with van der Waals surface area (Å²) in [6, 6.07) is 11.1. The van der Waals surface area contributed by atoms with E-state index in [1.165, 1.54) is 25.3 Å². The lowest BCUT2D eigenvalue weighted by molar-refractivity contribution is -0.385. The van der Waals surface area contributed by atoms with E-state index in [0.717, 1.165) is 11.3 Å². The lowest BCUT2D eigenvalue weighted by Crippen LogP contribution is -2.01. The molecule has 0 saturated heterocycles. The summed E-state index contributed by atoms with van der Waals surface area (Å²) in [5.74, 6) is -0.993. The molecule has 27 heavy (non-hydrogen) atoms. The number of aliphatic carboxylic acids is 2. The van der Waals surface area contributed by atoms with Crippen molar-refractivity contribution < 1.29 is 34.2 Å². The van der Waals surface area contributed by atoms with Gasteiger partial charge in [-0.25, -0.2) is 0 Å². The molecule has 2 N–H and O–H groups in total. The molecule has 0 atom stereocenters. The molecule has 9 nitrogen and oxygen atoms in total. The fourth-order valence-electron chi connectivity index (χ4n) is 2.08. The number of rotatable bonds is 7. The van der Waals surface area contributed by atoms with Crippen molar-refractivity contribution in [3.8, 4) is 11.5 Å². The summed E-state index contributed by atoms with van der Waals surface area (Å²) >= 11 is 0. The molecule has 2 rings (SSSR count). The van der Waals surface area contributed by atoms with E-state index in [2.05, 4.69) is 0 Å². The summed E-state index contributed by atoms with van der Waals surface area (Å²) in [7, 11) is 2.89. The second-order valence-corrected chi connectivity index (χ2v) is 5.25. The van der Waals surface area contributed by atoms with Crippen molar-refractivity contribution >= 4 is 17.6 Å². The fraction of sp³-hybridized carbons (Fsp3) is 0.222. The Kier molecular flexibility index (Phi) is 8.24. The highest BCUT2D eigenvalue weighted by Gasteiger charge is 2.15. The van der Waals surface area contributed by atoms with E-state index >= 15 is 0 Å². The number of methoxy groups -OCH3 is 2. The summed E-state index contributed by atoms with van der Waals surface area (Å²) in [5.41, 5.74) is 0.926. The van der Waals surface area contributed by atoms with Crippen molar-refractivity contribution in [3.05, 3.63) is 63.7 Å². The van der Waals surface area contributed by atoms with Gasteiger partial charge in [-0.3, -0.25) is 19.7 Å². The molecule has 0 bridgehead atoms. The van der Waals surface area contributed by atoms with Gasteiger partial charge in [-0.1, -0.05) is 18.2 Å². The molecule has 0 aromatic heterocycles. The van der Waals surface area contributed by atoms with Gasteiger partial charge in [0, 0.05) is 6.07 Å². The molecule has 0 heterocycles. The van der Waals surface area contributed by atoms with Gasteiger partial charge in [0.25, 0.3) is 0 Å². The molecule has 0 saturated carbocycles. The maximum Gasteiger partial charge on any atom is 0.311 e. The largest absolute Gasteiger partial charge is 0.497 e. The van der Waals surface area contributed by atoms with Crippen molar-refractivity contribution in [1.82, 2.24) is 0 Å². The van der Waals surface area contributed by atoms with Crippen LogP contribution in [-0.4, -0.2) is 41.3 Å². The van der Waals surface area contributed by atoms with Crippen molar-refractivity contribution in [1.29, 1.82) is 0 Å². The van der Waals surface area contributed by atoms with Gasteiger partial charge in [0.2, 0.25) is 0 Å². The first kappa shape index (κ1) is 21.4. The molecule has 2 aromatic carbocycles. The van der Waals surface area contributed by atoms with Crippen LogP contribution in [0.2, 0.25) is 0 Å². The van der Waals surface area contributed by atoms with Crippen molar-refractivity contribution in [3.63, 3.8) is 0 Å². The van der Waals surface area contributed by atoms with Crippen molar-refractivity contribution in [2.75, 3.05) is 14.2 Å². The third-order valence-corrected chi connectivity index (χ3v) is 3.31. The number of carboxylic acid groups (broad SMARTS) is 2. The summed E-state index contributed by atoms with van der Waals surface area (Å²) in [6.45, 7) is 0. The van der Waals surface area contributed by atoms with Crippen LogP contribution in [0.25, 0.3) is 0 Å². The normalized spacial score (nSPS) is 9.56. The van der Waals surface area contributed by atoms with E-state index in [4.69, 9.17) is 19.7 Å². The number of carboxylic acids is 2. The van der Waals surface area contributed by atoms with Crippen molar-refractivity contribution in [2.24, 2.45) is 0 Å². The van der Waals surface area contributed by atoms with Gasteiger partial charge in [0.15, 0.2) is 5.75 Å². The maximum absolute atomic E-state index is 10.6. The number of carbonyl (C=O) groups is 2. The van der Waals surface area contributed by atoms with E-state index in [9.17, 15) is 19.7 Å². The lowest BCUT2D eigenvalue weighted by atomic mass is 10.1. The Hall–Kier alpha value is -3.62. The minimum atomic E-state index is -1.03. The van der Waals surface area contributed by atoms with Gasteiger partial charge < -0.3 is 19.7 Å². The second-order valence-electron chi connectivity index (χ2n) is 5.25. The van der Waals surface area contributed by atoms with E-state index in [1.807, 2.05) is 0 Å². The van der Waals surface area contributed by atoms with E-state index in [-0.39, 0.29) is 24.3 Å². The first-order valence-corrected chi connectivity index (χ1v) is 7.64. The topological polar surface area (TPSA) is 136 Å². The highest BCUT2D eigenvalue weighted by molar-refractivity contribution is 5.71. The van der Waals surface area contributed by atoms with Crippen LogP contribution in [0.1, 0.15) is 11.1 Å². The summed E-state index contributed by atoms with van der Waals surface area (Å²) < 4.78 is 9.70. The maximum atomic E-state index is 10.6. The zero-order chi connectivity index (χ0) is 20.4. The summed E-state index contributed by atoms with van der Waals surface area (Å²) in [6.07, 6.45) is -0.186. The first-order valence-electron chi connectivity index (χ1n) is 7.64. The van der Waals surface area contributed by atoms with Gasteiger partial charge in [-0.2, -0.15) is 0 Å². The van der Waals surface area contributed by atoms with E-state index in [1.54, 1.807) is 31.4 Å². The van der Waals surface area contributed by atoms with Crippen LogP contribution < -0.4 is 9.47 Å². The molecule has 144 valence electrons. The molecule has 2 aromatic rings. The minimum absolute atomic E-state index is 0.0595. The number of nitrogens with zero attached hydrogens (tertiary/aromatic N) is 1. The predicted molar refractivity (Wildman–Crippen MR) is 95.3 cm³/mol. The molecule has 0 spiro atoms. The zero-order valence-corrected chi connectivity index (χ0v) is 14.7. The van der Waals surface area contributed by atoms with Crippen molar-refractivity contribution in [2.45, 2.75) is 12.8 Å². The number of hydrogen-bond acceptors (Lipinski definition) is 6. The average Bonchev–Trinajstić information content (AvgIpc) is 2.62. The SMILES string of the molecule is COc1ccc(CC(=O)O)cc1.COc1ccc(CC(=O)O)cc1[N+](=O)[O-]. The quantitative estimate of drug-likeness (QED) is 0.555. The Morgan fingerprint density at radius 1 is 0.926 bits per heavy atom. The Balaban J connectivity index is 0.000000277. The van der Waals surface area contributed by atoms with Crippen LogP contribution in [-0.2, 0) is 22.4 Å². The minimum Gasteiger partial charge on any atom is -0.497 e. The Morgan fingerprint density at radius 2 is 1.44 bits per heavy atom. The van der Waals surface area contributed by atoms with Gasteiger partial charge in [-0.05, 0) is 29.3 Å². The monoisotopic (exact) mass is 377 g/mol. The number of nitro groups is 1. The standard InChI is InChI=1S/C9H9NO5.C9H10O3/c1-15-8-3-2-6(5-9(11)12)4-7(8)10(13)14;1-12-8-4-2-7(3-5-8)6-9(10)11/h2-4H,5H2,1H3,(H,11,12);2-5H,6H2,1H3,(H,10,11). The molecule has 0 amide bonds. The zero-order valence-electron chi connectivity index (χ0n) is 14.7. The number of hydrogen-bond donors (Lipinski definition) is 2. The molecule has 9 heteroatoms. The number of benzene rings is 2. The molecular weight excluding hydrogens is 358 g/mol. The first-order chi connectivity index (χ1) is 12.8. The predicted octanol–water partition coefficient (Wildman–Crippen LogP) is 2.55. The van der Waals surface area contributed by atoms with Crippen LogP contribution in [0.5, 0.6) is 11.5 Å². The van der Waals surface area contributed by atoms with Gasteiger partial charge in [0.05, 0.1) is 32.0 Å². The number of ether oxygens (including phenoxy) is 2. The Labute approximate surface area is 154 Å². The average molecular weight is 377 g/mol. The van der Waals surface area contributed by atoms with Gasteiger partial charge >= 0.3 is 17.6 Å². The summed E-state index contributed by atoms with van der Waals surface area (Å²) in [5, 5.41) is 27.6. The molecule has 0 unspecified atom stereocenters. The molecule has 0 aliphatic rings. The molecule has 0 radical (unpaired) electrons. The second kappa shape index (κ2) is 10.4. The Morgan fingerprint density at radius 3 is 1.89 bits per heavy atom. The fourth-order valence-corrected chi connectivity index (χ4v) is 2.08. The van der Waals surface area contributed by atoms with Crippen LogP contribution >= 0.6 is 0 Å². The lowest BCUT2D eigenvalue weighted by Gasteiger charge is -2.02. The van der Waals surface area contributed by atoms with Crippen LogP contribution in [0.4, 0.5) is 5.69 Å². The van der Waals surface area contributed by atoms with Crippen LogP contribution in [0.15, 0.2) is 42.5 Å². The van der Waals surface area contributed by atoms with E-state index in [0.29, 0.717) is 5.56 Å².